The van der Waals surface area contributed by atoms with Crippen LogP contribution in [0.3, 0.4) is 0 Å². The number of para-hydroxylation sites is 1. The average Bonchev–Trinajstić information content (AvgIpc) is 3.31. The zero-order valence-corrected chi connectivity index (χ0v) is 21.5. The van der Waals surface area contributed by atoms with Gasteiger partial charge in [-0.1, -0.05) is 41.4 Å². The van der Waals surface area contributed by atoms with Crippen LogP contribution in [0.4, 0.5) is 15.8 Å². The number of amidine groups is 1. The fourth-order valence-corrected chi connectivity index (χ4v) is 4.78. The molecule has 2 atom stereocenters. The minimum atomic E-state index is -1.17. The largest absolute Gasteiger partial charge is 0.495 e. The number of anilines is 1. The Kier molecular flexibility index (Phi) is 7.69. The Morgan fingerprint density at radius 3 is 2.70 bits per heavy atom. The zero-order valence-electron chi connectivity index (χ0n) is 20.0. The van der Waals surface area contributed by atoms with Gasteiger partial charge in [0.2, 0.25) is 0 Å². The molecule has 0 aromatic heterocycles. The molecule has 7 nitrogen and oxygen atoms in total. The summed E-state index contributed by atoms with van der Waals surface area (Å²) in [7, 11) is 1.43. The molecule has 1 aliphatic heterocycles. The lowest BCUT2D eigenvalue weighted by atomic mass is 9.79. The van der Waals surface area contributed by atoms with Crippen LogP contribution in [0.1, 0.15) is 27.9 Å². The third kappa shape index (κ3) is 5.39. The first-order valence-corrected chi connectivity index (χ1v) is 12.1. The molecule has 0 unspecified atom stereocenters. The summed E-state index contributed by atoms with van der Waals surface area (Å²) >= 11 is 12.4. The molecule has 0 aliphatic carbocycles. The Balaban J connectivity index is 1.78. The third-order valence-electron chi connectivity index (χ3n) is 6.33. The number of hydrogen-bond donors (Lipinski definition) is 3. The highest BCUT2D eigenvalue weighted by molar-refractivity contribution is 6.33. The van der Waals surface area contributed by atoms with Gasteiger partial charge < -0.3 is 20.5 Å². The van der Waals surface area contributed by atoms with Crippen LogP contribution in [-0.2, 0) is 5.41 Å². The van der Waals surface area contributed by atoms with E-state index in [2.05, 4.69) is 16.7 Å². The Morgan fingerprint density at radius 1 is 1.27 bits per heavy atom. The van der Waals surface area contributed by atoms with Crippen LogP contribution in [0.25, 0.3) is 0 Å². The van der Waals surface area contributed by atoms with Gasteiger partial charge in [-0.05, 0) is 55.3 Å². The number of rotatable bonds is 6. The fraction of sp³-hybridized carbons (Fsp3) is 0.222. The van der Waals surface area contributed by atoms with Gasteiger partial charge in [-0.2, -0.15) is 5.26 Å². The molecule has 10 heteroatoms. The summed E-state index contributed by atoms with van der Waals surface area (Å²) in [6.07, 6.45) is 0.201. The molecule has 1 heterocycles. The molecule has 0 radical (unpaired) electrons. The van der Waals surface area contributed by atoms with E-state index in [9.17, 15) is 19.6 Å². The van der Waals surface area contributed by atoms with E-state index in [1.165, 1.54) is 31.4 Å². The molecule has 3 aromatic carbocycles. The lowest BCUT2D eigenvalue weighted by Gasteiger charge is -2.22. The number of nitrogens with zero attached hydrogens (tertiary/aromatic N) is 2. The monoisotopic (exact) mass is 540 g/mol. The van der Waals surface area contributed by atoms with Gasteiger partial charge in [0.1, 0.15) is 17.4 Å². The summed E-state index contributed by atoms with van der Waals surface area (Å²) < 4.78 is 20.3. The average molecular weight is 541 g/mol. The van der Waals surface area contributed by atoms with E-state index in [1.807, 2.05) is 19.1 Å². The van der Waals surface area contributed by atoms with Gasteiger partial charge in [0, 0.05) is 17.1 Å². The van der Waals surface area contributed by atoms with Crippen LogP contribution >= 0.6 is 23.2 Å². The van der Waals surface area contributed by atoms with E-state index in [1.54, 1.807) is 18.2 Å². The molecule has 1 aliphatic rings. The molecule has 0 spiro atoms. The van der Waals surface area contributed by atoms with Gasteiger partial charge in [0.25, 0.3) is 0 Å². The maximum Gasteiger partial charge on any atom is 0.335 e. The first-order valence-electron chi connectivity index (χ1n) is 11.3. The van der Waals surface area contributed by atoms with Gasteiger partial charge in [-0.25, -0.2) is 14.2 Å². The summed E-state index contributed by atoms with van der Waals surface area (Å²) in [5.74, 6) is -0.955. The number of carboxylic acids is 1. The van der Waals surface area contributed by atoms with Gasteiger partial charge in [-0.15, -0.1) is 0 Å². The maximum absolute atomic E-state index is 14.9. The quantitative estimate of drug-likeness (QED) is 0.257. The van der Waals surface area contributed by atoms with E-state index < -0.39 is 23.2 Å². The van der Waals surface area contributed by atoms with Crippen molar-refractivity contribution in [2.75, 3.05) is 19.0 Å². The second-order valence-electron chi connectivity index (χ2n) is 8.70. The Bertz CT molecular complexity index is 1420. The molecule has 0 bridgehead atoms. The summed E-state index contributed by atoms with van der Waals surface area (Å²) in [4.78, 5) is 16.2. The third-order valence-corrected chi connectivity index (χ3v) is 6.87. The van der Waals surface area contributed by atoms with E-state index in [-0.39, 0.29) is 34.9 Å². The molecule has 1 saturated heterocycles. The highest BCUT2D eigenvalue weighted by atomic mass is 35.5. The Hall–Kier alpha value is -3.64. The molecule has 1 fully saturated rings. The molecular weight excluding hydrogens is 518 g/mol. The number of aliphatic imine (C=N–C) groups is 1. The van der Waals surface area contributed by atoms with Crippen LogP contribution in [0, 0.1) is 24.1 Å². The topological polar surface area (TPSA) is 107 Å². The Morgan fingerprint density at radius 2 is 2.05 bits per heavy atom. The molecule has 3 aromatic rings. The molecule has 3 N–H and O–H groups in total. The molecule has 37 heavy (non-hydrogen) atoms. The van der Waals surface area contributed by atoms with Crippen molar-refractivity contribution in [3.8, 4) is 11.8 Å². The number of ether oxygens (including phenoxy) is 1. The molecule has 4 rings (SSSR count). The molecular formula is C27H23Cl2FN4O3. The van der Waals surface area contributed by atoms with Crippen LogP contribution in [0.15, 0.2) is 59.6 Å². The van der Waals surface area contributed by atoms with Gasteiger partial charge >= 0.3 is 5.97 Å². The van der Waals surface area contributed by atoms with E-state index >= 15 is 0 Å². The number of aryl methyl sites for hydroxylation is 1. The smallest absolute Gasteiger partial charge is 0.335 e. The first-order chi connectivity index (χ1) is 17.7. The number of nitrogens with one attached hydrogen (secondary N) is 2. The van der Waals surface area contributed by atoms with E-state index in [4.69, 9.17) is 32.9 Å². The van der Waals surface area contributed by atoms with Crippen molar-refractivity contribution in [2.24, 2.45) is 4.99 Å². The molecule has 0 saturated carbocycles. The summed E-state index contributed by atoms with van der Waals surface area (Å²) in [6.45, 7) is 2.04. The van der Waals surface area contributed by atoms with Gasteiger partial charge in [0.05, 0.1) is 46.6 Å². The number of hydrogen-bond acceptors (Lipinski definition) is 5. The van der Waals surface area contributed by atoms with Crippen molar-refractivity contribution >= 4 is 46.4 Å². The van der Waals surface area contributed by atoms with Gasteiger partial charge in [0.15, 0.2) is 0 Å². The van der Waals surface area contributed by atoms with Crippen LogP contribution in [-0.4, -0.2) is 36.6 Å². The van der Waals surface area contributed by atoms with Crippen molar-refractivity contribution < 1.29 is 19.0 Å². The number of benzene rings is 3. The molecule has 190 valence electrons. The lowest BCUT2D eigenvalue weighted by Crippen LogP contribution is -2.35. The van der Waals surface area contributed by atoms with Crippen molar-refractivity contribution in [1.82, 2.24) is 5.32 Å². The van der Waals surface area contributed by atoms with Crippen molar-refractivity contribution in [3.63, 3.8) is 0 Å². The fourth-order valence-electron chi connectivity index (χ4n) is 4.36. The SMILES string of the molecule is COc1cc(C(=O)O)ccc1N/C(=N/c1c(C)cccc1Cl)[C@H]1C[C@@](C#N)(c2ccc(Cl)cc2F)CN1. The second kappa shape index (κ2) is 10.8. The summed E-state index contributed by atoms with van der Waals surface area (Å²) in [5, 5.41) is 26.7. The van der Waals surface area contributed by atoms with Crippen LogP contribution < -0.4 is 15.4 Å². The number of methoxy groups -OCH3 is 1. The highest BCUT2D eigenvalue weighted by Gasteiger charge is 2.44. The number of nitriles is 1. The summed E-state index contributed by atoms with van der Waals surface area (Å²) in [6, 6.07) is 15.9. The minimum Gasteiger partial charge on any atom is -0.495 e. The summed E-state index contributed by atoms with van der Waals surface area (Å²) in [5.41, 5.74) is 0.948. The lowest BCUT2D eigenvalue weighted by molar-refractivity contribution is 0.0696. The molecule has 0 amide bonds. The van der Waals surface area contributed by atoms with E-state index in [0.717, 1.165) is 5.56 Å². The Labute approximate surface area is 223 Å². The van der Waals surface area contributed by atoms with E-state index in [0.29, 0.717) is 22.2 Å². The van der Waals surface area contributed by atoms with Crippen LogP contribution in [0.2, 0.25) is 10.0 Å². The number of aromatic carboxylic acids is 1. The highest BCUT2D eigenvalue weighted by Crippen LogP contribution is 2.38. The number of carboxylic acid groups (broad SMARTS) is 1. The normalized spacial score (nSPS) is 19.4. The zero-order chi connectivity index (χ0) is 26.7. The predicted molar refractivity (Wildman–Crippen MR) is 142 cm³/mol. The van der Waals surface area contributed by atoms with Crippen molar-refractivity contribution in [3.05, 3.63) is 87.2 Å². The van der Waals surface area contributed by atoms with Crippen molar-refractivity contribution in [1.29, 1.82) is 5.26 Å². The predicted octanol–water partition coefficient (Wildman–Crippen LogP) is 6.11. The first kappa shape index (κ1) is 26.4. The standard InChI is InChI=1S/C27H23Cl2FN4O3/c1-15-4-3-5-19(29)24(15)34-25(33-21-9-6-16(26(35)36)10-23(21)37-2)22-12-27(13-31,14-32-22)18-8-7-17(28)11-20(18)30/h3-11,22,32H,12,14H2,1-2H3,(H,33,34)(H,35,36)/t22-,27+/m1/s1. The minimum absolute atomic E-state index is 0.0588. The number of halogens is 3. The second-order valence-corrected chi connectivity index (χ2v) is 9.55. The van der Waals surface area contributed by atoms with Crippen LogP contribution in [0.5, 0.6) is 5.75 Å². The van der Waals surface area contributed by atoms with Gasteiger partial charge in [-0.3, -0.25) is 0 Å². The maximum atomic E-state index is 14.9. The number of carbonyl (C=O) groups is 1. The van der Waals surface area contributed by atoms with Crippen molar-refractivity contribution in [2.45, 2.75) is 24.8 Å².